The first-order valence-corrected chi connectivity index (χ1v) is 12.1. The monoisotopic (exact) mass is 533 g/mol. The van der Waals surface area contributed by atoms with Crippen LogP contribution in [0.1, 0.15) is 29.2 Å². The van der Waals surface area contributed by atoms with Crippen LogP contribution in [0.2, 0.25) is 0 Å². The highest BCUT2D eigenvalue weighted by Gasteiger charge is 2.43. The largest absolute Gasteiger partial charge is 0.495 e. The summed E-state index contributed by atoms with van der Waals surface area (Å²) in [6.07, 6.45) is -1.40. The Kier molecular flexibility index (Phi) is 8.29. The summed E-state index contributed by atoms with van der Waals surface area (Å²) in [4.78, 5) is 39.0. The van der Waals surface area contributed by atoms with Gasteiger partial charge in [-0.15, -0.1) is 11.3 Å². The maximum absolute atomic E-state index is 12.3. The summed E-state index contributed by atoms with van der Waals surface area (Å²) in [5, 5.41) is 5.84. The molecule has 37 heavy (non-hydrogen) atoms. The Hall–Kier alpha value is -4.06. The van der Waals surface area contributed by atoms with Crippen molar-refractivity contribution in [3.63, 3.8) is 0 Å². The molecule has 1 unspecified atom stereocenters. The topological polar surface area (TPSA) is 103 Å². The van der Waals surface area contributed by atoms with Gasteiger partial charge in [-0.25, -0.2) is 24.3 Å². The van der Waals surface area contributed by atoms with Gasteiger partial charge in [0, 0.05) is 46.7 Å². The lowest BCUT2D eigenvalue weighted by atomic mass is 9.93. The molecule has 0 amide bonds. The second-order valence-electron chi connectivity index (χ2n) is 7.89. The molecule has 4 aromatic rings. The Balaban J connectivity index is 1.39. The van der Waals surface area contributed by atoms with E-state index in [0.29, 0.717) is 18.9 Å². The zero-order valence-corrected chi connectivity index (χ0v) is 20.1. The number of halogens is 3. The van der Waals surface area contributed by atoms with Crippen molar-refractivity contribution in [1.29, 1.82) is 0 Å². The van der Waals surface area contributed by atoms with Crippen LogP contribution in [0.25, 0.3) is 10.9 Å². The molecule has 0 radical (unpaired) electrons. The number of nitrogens with one attached hydrogen (secondary N) is 2. The molecule has 2 N–H and O–H groups in total. The predicted molar refractivity (Wildman–Crippen MR) is 130 cm³/mol. The Labute approximate surface area is 213 Å². The number of rotatable bonds is 10. The number of fused-ring (bicyclic) bond motifs is 1. The summed E-state index contributed by atoms with van der Waals surface area (Å²) in [6, 6.07) is 14.7. The van der Waals surface area contributed by atoms with E-state index >= 15 is 0 Å². The van der Waals surface area contributed by atoms with E-state index in [1.807, 2.05) is 35.7 Å². The molecular formula is C25H22F3N3O5S. The van der Waals surface area contributed by atoms with Crippen molar-refractivity contribution in [3.05, 3.63) is 76.7 Å². The van der Waals surface area contributed by atoms with E-state index in [2.05, 4.69) is 25.1 Å². The highest BCUT2D eigenvalue weighted by Crippen LogP contribution is 2.37. The average Bonchev–Trinajstić information content (AvgIpc) is 3.56. The number of carbonyl (C=O) groups is 2. The number of ether oxygens (including phenoxy) is 1. The number of nitrogens with zero attached hydrogens (tertiary/aromatic N) is 1. The van der Waals surface area contributed by atoms with Gasteiger partial charge in [0.25, 0.3) is 0 Å². The first-order valence-electron chi connectivity index (χ1n) is 11.2. The number of pyridine rings is 1. The van der Waals surface area contributed by atoms with Crippen molar-refractivity contribution < 1.29 is 37.3 Å². The Morgan fingerprint density at radius 2 is 1.97 bits per heavy atom. The molecule has 0 aliphatic heterocycles. The first-order chi connectivity index (χ1) is 17.8. The van der Waals surface area contributed by atoms with Gasteiger partial charge < -0.3 is 15.0 Å². The zero-order valence-electron chi connectivity index (χ0n) is 19.3. The van der Waals surface area contributed by atoms with E-state index in [-0.39, 0.29) is 6.42 Å². The molecule has 0 bridgehead atoms. The van der Waals surface area contributed by atoms with Crippen molar-refractivity contribution in [3.8, 4) is 5.75 Å². The lowest BCUT2D eigenvalue weighted by molar-refractivity contribution is -0.285. The van der Waals surface area contributed by atoms with Gasteiger partial charge >= 0.3 is 18.1 Å². The third-order valence-corrected chi connectivity index (χ3v) is 6.31. The van der Waals surface area contributed by atoms with Gasteiger partial charge in [0.1, 0.15) is 11.6 Å². The summed E-state index contributed by atoms with van der Waals surface area (Å²) in [5.74, 6) is -2.78. The third kappa shape index (κ3) is 7.00. The smallest absolute Gasteiger partial charge is 0.493 e. The number of aromatic nitrogens is 2. The second kappa shape index (κ2) is 11.8. The van der Waals surface area contributed by atoms with Crippen LogP contribution in [0.15, 0.2) is 66.3 Å². The molecule has 0 saturated carbocycles. The molecule has 1 aromatic carbocycles. The molecule has 194 valence electrons. The number of carbonyl (C=O) groups excluding carboxylic acids is 2. The van der Waals surface area contributed by atoms with Gasteiger partial charge in [0.05, 0.1) is 13.0 Å². The highest BCUT2D eigenvalue weighted by molar-refractivity contribution is 7.10. The van der Waals surface area contributed by atoms with Crippen LogP contribution in [0.3, 0.4) is 0 Å². The van der Waals surface area contributed by atoms with Crippen LogP contribution in [0.5, 0.6) is 5.75 Å². The fourth-order valence-electron chi connectivity index (χ4n) is 3.64. The minimum absolute atomic E-state index is 0.333. The van der Waals surface area contributed by atoms with Gasteiger partial charge in [0.2, 0.25) is 0 Å². The van der Waals surface area contributed by atoms with E-state index in [4.69, 9.17) is 4.74 Å². The molecule has 4 rings (SSSR count). The van der Waals surface area contributed by atoms with Crippen LogP contribution in [0.4, 0.5) is 19.0 Å². The molecule has 1 atom stereocenters. The molecule has 3 aromatic heterocycles. The number of hydrogen-bond donors (Lipinski definition) is 2. The summed E-state index contributed by atoms with van der Waals surface area (Å²) < 4.78 is 42.8. The fourth-order valence-corrected chi connectivity index (χ4v) is 4.48. The lowest BCUT2D eigenvalue weighted by Crippen LogP contribution is -2.27. The van der Waals surface area contributed by atoms with Gasteiger partial charge in [-0.1, -0.05) is 12.1 Å². The molecule has 0 saturated heterocycles. The van der Waals surface area contributed by atoms with Crippen LogP contribution in [0, 0.1) is 0 Å². The normalized spacial score (nSPS) is 12.2. The van der Waals surface area contributed by atoms with Crippen LogP contribution >= 0.6 is 11.3 Å². The number of anilines is 1. The van der Waals surface area contributed by atoms with Gasteiger partial charge in [-0.2, -0.15) is 13.2 Å². The van der Waals surface area contributed by atoms with E-state index in [0.717, 1.165) is 33.6 Å². The molecule has 12 heteroatoms. The SMILES string of the molecule is O=C(CC(c1cccs1)c1c[nH]c2cc(OCCCNc3ccccn3)ccc12)OOC(=O)C(F)(F)F. The van der Waals surface area contributed by atoms with E-state index in [1.165, 1.54) is 11.3 Å². The summed E-state index contributed by atoms with van der Waals surface area (Å²) in [7, 11) is 0. The van der Waals surface area contributed by atoms with Gasteiger partial charge in [-0.05, 0) is 47.7 Å². The first kappa shape index (κ1) is 26.0. The molecule has 0 aliphatic carbocycles. The van der Waals surface area contributed by atoms with Gasteiger partial charge in [0.15, 0.2) is 0 Å². The summed E-state index contributed by atoms with van der Waals surface area (Å²) in [6.45, 7) is 1.18. The van der Waals surface area contributed by atoms with E-state index in [9.17, 15) is 22.8 Å². The lowest BCUT2D eigenvalue weighted by Gasteiger charge is -2.14. The predicted octanol–water partition coefficient (Wildman–Crippen LogP) is 5.59. The molecule has 0 aliphatic rings. The Bertz CT molecular complexity index is 1330. The molecular weight excluding hydrogens is 511 g/mol. The Morgan fingerprint density at radius 3 is 2.70 bits per heavy atom. The molecule has 8 nitrogen and oxygen atoms in total. The number of aromatic amines is 1. The van der Waals surface area contributed by atoms with Crippen LogP contribution in [-0.4, -0.2) is 41.2 Å². The summed E-state index contributed by atoms with van der Waals surface area (Å²) in [5.41, 5.74) is 1.50. The number of H-pyrrole nitrogens is 1. The van der Waals surface area contributed by atoms with Crippen molar-refractivity contribution >= 4 is 40.0 Å². The fraction of sp³-hybridized carbons (Fsp3) is 0.240. The maximum Gasteiger partial charge on any atom is 0.495 e. The van der Waals surface area contributed by atoms with E-state index in [1.54, 1.807) is 30.6 Å². The molecule has 0 fully saturated rings. The average molecular weight is 534 g/mol. The number of hydrogen-bond acceptors (Lipinski definition) is 8. The van der Waals surface area contributed by atoms with Crippen molar-refractivity contribution in [2.24, 2.45) is 0 Å². The highest BCUT2D eigenvalue weighted by atomic mass is 32.1. The van der Waals surface area contributed by atoms with Crippen molar-refractivity contribution in [2.45, 2.75) is 24.9 Å². The number of alkyl halides is 3. The molecule has 3 heterocycles. The number of benzene rings is 1. The maximum atomic E-state index is 12.3. The third-order valence-electron chi connectivity index (χ3n) is 5.32. The van der Waals surface area contributed by atoms with Gasteiger partial charge in [-0.3, -0.25) is 0 Å². The quantitative estimate of drug-likeness (QED) is 0.156. The minimum atomic E-state index is -5.26. The van der Waals surface area contributed by atoms with Crippen molar-refractivity contribution in [1.82, 2.24) is 9.97 Å². The zero-order chi connectivity index (χ0) is 26.3. The second-order valence-corrected chi connectivity index (χ2v) is 8.87. The van der Waals surface area contributed by atoms with Crippen LogP contribution < -0.4 is 10.1 Å². The standard InChI is InChI=1S/C25H22F3N3O5S/c26-25(27,28)24(33)36-35-23(32)14-18(21-5-3-12-37-21)19-15-31-20-13-16(7-8-17(19)20)34-11-4-10-30-22-6-1-2-9-29-22/h1-3,5-9,12-13,15,18,31H,4,10-11,14H2,(H,29,30). The number of thiophene rings is 1. The van der Waals surface area contributed by atoms with Crippen LogP contribution in [-0.2, 0) is 19.4 Å². The van der Waals surface area contributed by atoms with E-state index < -0.39 is 24.0 Å². The summed E-state index contributed by atoms with van der Waals surface area (Å²) >= 11 is 1.38. The Morgan fingerprint density at radius 1 is 1.11 bits per heavy atom. The molecule has 0 spiro atoms. The van der Waals surface area contributed by atoms with Crippen molar-refractivity contribution in [2.75, 3.05) is 18.5 Å². The minimum Gasteiger partial charge on any atom is -0.493 e.